The van der Waals surface area contributed by atoms with Crippen LogP contribution in [0.2, 0.25) is 0 Å². The summed E-state index contributed by atoms with van der Waals surface area (Å²) in [7, 11) is -1.59. The minimum atomic E-state index is -3.17. The van der Waals surface area contributed by atoms with Crippen LogP contribution in [0.15, 0.2) is 24.3 Å². The lowest BCUT2D eigenvalue weighted by molar-refractivity contribution is 0.372. The van der Waals surface area contributed by atoms with E-state index in [0.29, 0.717) is 0 Å². The SMILES string of the molecule is CN(c1ccc(CC2CCNCC2)cc1)S(C)(=O)=O.Cl. The van der Waals surface area contributed by atoms with Crippen molar-refractivity contribution in [3.63, 3.8) is 0 Å². The quantitative estimate of drug-likeness (QED) is 0.924. The Morgan fingerprint density at radius 1 is 1.20 bits per heavy atom. The number of benzene rings is 1. The van der Waals surface area contributed by atoms with E-state index < -0.39 is 10.0 Å². The molecular formula is C14H23ClN2O2S. The van der Waals surface area contributed by atoms with Gasteiger partial charge >= 0.3 is 0 Å². The van der Waals surface area contributed by atoms with Crippen molar-refractivity contribution in [2.24, 2.45) is 5.92 Å². The second-order valence-electron chi connectivity index (χ2n) is 5.29. The van der Waals surface area contributed by atoms with E-state index in [-0.39, 0.29) is 12.4 Å². The fraction of sp³-hybridized carbons (Fsp3) is 0.571. The molecule has 20 heavy (non-hydrogen) atoms. The Hall–Kier alpha value is -0.780. The topological polar surface area (TPSA) is 49.4 Å². The highest BCUT2D eigenvalue weighted by Crippen LogP contribution is 2.21. The molecule has 1 aliphatic heterocycles. The minimum Gasteiger partial charge on any atom is -0.317 e. The van der Waals surface area contributed by atoms with E-state index >= 15 is 0 Å². The zero-order valence-corrected chi connectivity index (χ0v) is 13.6. The summed E-state index contributed by atoms with van der Waals surface area (Å²) in [6.45, 7) is 2.22. The number of halogens is 1. The molecule has 1 saturated heterocycles. The summed E-state index contributed by atoms with van der Waals surface area (Å²) in [5, 5.41) is 3.37. The molecule has 0 unspecified atom stereocenters. The van der Waals surface area contributed by atoms with Gasteiger partial charge in [-0.3, -0.25) is 4.31 Å². The molecule has 0 aromatic heterocycles. The molecule has 0 saturated carbocycles. The number of rotatable bonds is 4. The standard InChI is InChI=1S/C14H22N2O2S.ClH/c1-16(19(2,17)18)14-5-3-12(4-6-14)11-13-7-9-15-10-8-13;/h3-6,13,15H,7-11H2,1-2H3;1H. The molecule has 4 nitrogen and oxygen atoms in total. The third kappa shape index (κ3) is 4.65. The van der Waals surface area contributed by atoms with Crippen molar-refractivity contribution in [1.29, 1.82) is 0 Å². The van der Waals surface area contributed by atoms with E-state index in [1.807, 2.05) is 24.3 Å². The lowest BCUT2D eigenvalue weighted by Gasteiger charge is -2.23. The first-order valence-electron chi connectivity index (χ1n) is 6.70. The predicted molar refractivity (Wildman–Crippen MR) is 86.2 cm³/mol. The predicted octanol–water partition coefficient (Wildman–Crippen LogP) is 2.05. The second kappa shape index (κ2) is 7.29. The fourth-order valence-corrected chi connectivity index (χ4v) is 2.96. The van der Waals surface area contributed by atoms with Crippen molar-refractivity contribution in [3.8, 4) is 0 Å². The molecule has 0 amide bonds. The van der Waals surface area contributed by atoms with Crippen LogP contribution in [0.3, 0.4) is 0 Å². The zero-order chi connectivity index (χ0) is 13.9. The van der Waals surface area contributed by atoms with Crippen LogP contribution in [0, 0.1) is 5.92 Å². The maximum Gasteiger partial charge on any atom is 0.231 e. The van der Waals surface area contributed by atoms with Gasteiger partial charge < -0.3 is 5.32 Å². The summed E-state index contributed by atoms with van der Waals surface area (Å²) in [5.74, 6) is 0.750. The average Bonchev–Trinajstić information content (AvgIpc) is 2.39. The number of nitrogens with one attached hydrogen (secondary N) is 1. The number of nitrogens with zero attached hydrogens (tertiary/aromatic N) is 1. The molecule has 1 fully saturated rings. The Morgan fingerprint density at radius 2 is 1.75 bits per heavy atom. The molecule has 2 rings (SSSR count). The Bertz CT molecular complexity index is 510. The molecule has 1 N–H and O–H groups in total. The van der Waals surface area contributed by atoms with Crippen LogP contribution in [-0.4, -0.2) is 34.8 Å². The van der Waals surface area contributed by atoms with Gasteiger partial charge in [0.15, 0.2) is 0 Å². The van der Waals surface area contributed by atoms with Gasteiger partial charge in [0.2, 0.25) is 10.0 Å². The summed E-state index contributed by atoms with van der Waals surface area (Å²) < 4.78 is 24.2. The van der Waals surface area contributed by atoms with E-state index in [9.17, 15) is 8.42 Å². The third-order valence-corrected chi connectivity index (χ3v) is 4.99. The van der Waals surface area contributed by atoms with Crippen molar-refractivity contribution < 1.29 is 8.42 Å². The van der Waals surface area contributed by atoms with Crippen LogP contribution in [0.25, 0.3) is 0 Å². The van der Waals surface area contributed by atoms with Crippen molar-refractivity contribution in [2.75, 3.05) is 30.7 Å². The number of piperidine rings is 1. The molecule has 114 valence electrons. The number of hydrogen-bond acceptors (Lipinski definition) is 3. The largest absolute Gasteiger partial charge is 0.317 e. The van der Waals surface area contributed by atoms with E-state index in [1.165, 1.54) is 29.0 Å². The molecule has 1 heterocycles. The third-order valence-electron chi connectivity index (χ3n) is 3.78. The van der Waals surface area contributed by atoms with Crippen LogP contribution in [-0.2, 0) is 16.4 Å². The molecule has 0 radical (unpaired) electrons. The highest BCUT2D eigenvalue weighted by molar-refractivity contribution is 7.92. The smallest absolute Gasteiger partial charge is 0.231 e. The van der Waals surface area contributed by atoms with Crippen LogP contribution < -0.4 is 9.62 Å². The molecular weight excluding hydrogens is 296 g/mol. The molecule has 0 atom stereocenters. The summed E-state index contributed by atoms with van der Waals surface area (Å²) in [4.78, 5) is 0. The monoisotopic (exact) mass is 318 g/mol. The van der Waals surface area contributed by atoms with Crippen molar-refractivity contribution in [1.82, 2.24) is 5.32 Å². The van der Waals surface area contributed by atoms with Gasteiger partial charge in [-0.05, 0) is 56.0 Å². The number of hydrogen-bond donors (Lipinski definition) is 1. The fourth-order valence-electron chi connectivity index (χ4n) is 2.45. The first-order chi connectivity index (χ1) is 8.97. The highest BCUT2D eigenvalue weighted by atomic mass is 35.5. The molecule has 1 aromatic rings. The molecule has 6 heteroatoms. The van der Waals surface area contributed by atoms with Gasteiger partial charge in [0.1, 0.15) is 0 Å². The molecule has 0 aliphatic carbocycles. The highest BCUT2D eigenvalue weighted by Gasteiger charge is 2.14. The van der Waals surface area contributed by atoms with E-state index in [4.69, 9.17) is 0 Å². The van der Waals surface area contributed by atoms with Crippen LogP contribution in [0.4, 0.5) is 5.69 Å². The molecule has 1 aliphatic rings. The first-order valence-corrected chi connectivity index (χ1v) is 8.55. The maximum atomic E-state index is 11.5. The second-order valence-corrected chi connectivity index (χ2v) is 7.31. The molecule has 1 aromatic carbocycles. The summed E-state index contributed by atoms with van der Waals surface area (Å²) in [6, 6.07) is 7.85. The van der Waals surface area contributed by atoms with Crippen molar-refractivity contribution in [3.05, 3.63) is 29.8 Å². The molecule has 0 spiro atoms. The van der Waals surface area contributed by atoms with Crippen LogP contribution in [0.1, 0.15) is 18.4 Å². The average molecular weight is 319 g/mol. The summed E-state index contributed by atoms with van der Waals surface area (Å²) in [6.07, 6.45) is 4.76. The lowest BCUT2D eigenvalue weighted by atomic mass is 9.91. The van der Waals surface area contributed by atoms with Crippen molar-refractivity contribution >= 4 is 28.1 Å². The lowest BCUT2D eigenvalue weighted by Crippen LogP contribution is -2.28. The van der Waals surface area contributed by atoms with Gasteiger partial charge in [-0.2, -0.15) is 0 Å². The zero-order valence-electron chi connectivity index (χ0n) is 12.0. The Morgan fingerprint density at radius 3 is 2.25 bits per heavy atom. The number of anilines is 1. The van der Waals surface area contributed by atoms with Gasteiger partial charge in [-0.15, -0.1) is 12.4 Å². The van der Waals surface area contributed by atoms with Crippen LogP contribution in [0.5, 0.6) is 0 Å². The van der Waals surface area contributed by atoms with Gasteiger partial charge in [0.05, 0.1) is 11.9 Å². The number of sulfonamides is 1. The maximum absolute atomic E-state index is 11.5. The van der Waals surface area contributed by atoms with E-state index in [2.05, 4.69) is 5.32 Å². The van der Waals surface area contributed by atoms with Gasteiger partial charge in [-0.25, -0.2) is 8.42 Å². The summed E-state index contributed by atoms with van der Waals surface area (Å²) >= 11 is 0. The van der Waals surface area contributed by atoms with Gasteiger partial charge in [-0.1, -0.05) is 12.1 Å². The minimum absolute atomic E-state index is 0. The van der Waals surface area contributed by atoms with Crippen molar-refractivity contribution in [2.45, 2.75) is 19.3 Å². The Balaban J connectivity index is 0.00000200. The summed E-state index contributed by atoms with van der Waals surface area (Å²) in [5.41, 5.74) is 2.01. The van der Waals surface area contributed by atoms with Gasteiger partial charge in [0.25, 0.3) is 0 Å². The van der Waals surface area contributed by atoms with Crippen LogP contribution >= 0.6 is 12.4 Å². The normalized spacial score (nSPS) is 16.5. The van der Waals surface area contributed by atoms with E-state index in [0.717, 1.165) is 31.1 Å². The first kappa shape index (κ1) is 17.3. The molecule has 0 bridgehead atoms. The van der Waals surface area contributed by atoms with Gasteiger partial charge in [0, 0.05) is 7.05 Å². The Kier molecular flexibility index (Phi) is 6.30. The Labute approximate surface area is 128 Å². The van der Waals surface area contributed by atoms with E-state index in [1.54, 1.807) is 7.05 Å².